The minimum atomic E-state index is -3.83. The van der Waals surface area contributed by atoms with Crippen LogP contribution in [0.25, 0.3) is 0 Å². The van der Waals surface area contributed by atoms with Crippen molar-refractivity contribution in [1.29, 1.82) is 0 Å². The summed E-state index contributed by atoms with van der Waals surface area (Å²) >= 11 is 0. The van der Waals surface area contributed by atoms with Crippen LogP contribution in [0.2, 0.25) is 0 Å². The minimum absolute atomic E-state index is 0.104. The second kappa shape index (κ2) is 8.10. The number of carbonyl (C=O) groups excluding carboxylic acids is 1. The van der Waals surface area contributed by atoms with E-state index in [9.17, 15) is 13.2 Å². The summed E-state index contributed by atoms with van der Waals surface area (Å²) in [6.07, 6.45) is 1.16. The molecule has 1 N–H and O–H groups in total. The van der Waals surface area contributed by atoms with Crippen molar-refractivity contribution in [2.75, 3.05) is 13.7 Å². The maximum atomic E-state index is 13.2. The maximum absolute atomic E-state index is 13.2. The van der Waals surface area contributed by atoms with Crippen molar-refractivity contribution in [1.82, 2.24) is 9.62 Å². The van der Waals surface area contributed by atoms with E-state index in [-0.39, 0.29) is 16.6 Å². The fourth-order valence-corrected chi connectivity index (χ4v) is 5.20. The number of nitrogens with one attached hydrogen (secondary N) is 1. The van der Waals surface area contributed by atoms with Crippen LogP contribution in [0.4, 0.5) is 0 Å². The van der Waals surface area contributed by atoms with E-state index in [0.717, 1.165) is 11.1 Å². The largest absolute Gasteiger partial charge is 0.495 e. The summed E-state index contributed by atoms with van der Waals surface area (Å²) in [4.78, 5) is 12.8. The molecule has 1 aliphatic heterocycles. The van der Waals surface area contributed by atoms with Crippen LogP contribution in [0.5, 0.6) is 5.75 Å². The van der Waals surface area contributed by atoms with Gasteiger partial charge in [0.25, 0.3) is 0 Å². The molecule has 1 fully saturated rings. The SMILES string of the molecule is COc1ccc(C)cc1S(=O)(=O)N1CCC[C@H]1C(=O)NCc1ccccc1. The van der Waals surface area contributed by atoms with Gasteiger partial charge < -0.3 is 10.1 Å². The third-order valence-electron chi connectivity index (χ3n) is 4.72. The maximum Gasteiger partial charge on any atom is 0.247 e. The fraction of sp³-hybridized carbons (Fsp3) is 0.350. The molecular weight excluding hydrogens is 364 g/mol. The van der Waals surface area contributed by atoms with Gasteiger partial charge in [-0.3, -0.25) is 4.79 Å². The highest BCUT2D eigenvalue weighted by Gasteiger charge is 2.40. The second-order valence-corrected chi connectivity index (χ2v) is 8.49. The van der Waals surface area contributed by atoms with Gasteiger partial charge in [-0.25, -0.2) is 8.42 Å². The summed E-state index contributed by atoms with van der Waals surface area (Å²) in [6.45, 7) is 2.52. The number of hydrogen-bond acceptors (Lipinski definition) is 4. The predicted octanol–water partition coefficient (Wildman–Crippen LogP) is 2.47. The molecule has 0 aromatic heterocycles. The van der Waals surface area contributed by atoms with Crippen LogP contribution in [0, 0.1) is 6.92 Å². The number of sulfonamides is 1. The van der Waals surface area contributed by atoms with Crippen molar-refractivity contribution in [3.05, 3.63) is 59.7 Å². The number of ether oxygens (including phenoxy) is 1. The molecule has 1 aliphatic rings. The molecule has 0 radical (unpaired) electrons. The third-order valence-corrected chi connectivity index (χ3v) is 6.65. The third kappa shape index (κ3) is 4.14. The molecular formula is C20H24N2O4S. The lowest BCUT2D eigenvalue weighted by Gasteiger charge is -2.24. The second-order valence-electron chi connectivity index (χ2n) is 6.63. The van der Waals surface area contributed by atoms with E-state index in [4.69, 9.17) is 4.74 Å². The fourth-order valence-electron chi connectivity index (χ4n) is 3.30. The number of amides is 1. The molecule has 144 valence electrons. The quantitative estimate of drug-likeness (QED) is 0.825. The Kier molecular flexibility index (Phi) is 5.82. The van der Waals surface area contributed by atoms with Gasteiger partial charge in [-0.1, -0.05) is 36.4 Å². The van der Waals surface area contributed by atoms with Gasteiger partial charge in [0, 0.05) is 13.1 Å². The highest BCUT2D eigenvalue weighted by molar-refractivity contribution is 7.89. The summed E-state index contributed by atoms with van der Waals surface area (Å²) in [5.74, 6) is 0.0162. The number of carbonyl (C=O) groups is 1. The first-order chi connectivity index (χ1) is 12.9. The van der Waals surface area contributed by atoms with Crippen molar-refractivity contribution in [2.24, 2.45) is 0 Å². The Balaban J connectivity index is 1.81. The Hall–Kier alpha value is -2.38. The Morgan fingerprint density at radius 1 is 1.22 bits per heavy atom. The van der Waals surface area contributed by atoms with Crippen LogP contribution in [-0.2, 0) is 21.4 Å². The van der Waals surface area contributed by atoms with Crippen LogP contribution in [-0.4, -0.2) is 38.3 Å². The number of methoxy groups -OCH3 is 1. The van der Waals surface area contributed by atoms with Gasteiger partial charge in [-0.2, -0.15) is 4.31 Å². The average molecular weight is 388 g/mol. The van der Waals surface area contributed by atoms with E-state index >= 15 is 0 Å². The van der Waals surface area contributed by atoms with Crippen LogP contribution < -0.4 is 10.1 Å². The van der Waals surface area contributed by atoms with Crippen LogP contribution in [0.1, 0.15) is 24.0 Å². The zero-order chi connectivity index (χ0) is 19.4. The normalized spacial score (nSPS) is 17.6. The summed E-state index contributed by atoms with van der Waals surface area (Å²) in [5, 5.41) is 2.86. The first-order valence-corrected chi connectivity index (χ1v) is 10.4. The van der Waals surface area contributed by atoms with E-state index in [2.05, 4.69) is 5.32 Å². The Morgan fingerprint density at radius 2 is 1.96 bits per heavy atom. The molecule has 2 aromatic carbocycles. The topological polar surface area (TPSA) is 75.7 Å². The molecule has 1 amide bonds. The number of rotatable bonds is 6. The molecule has 0 bridgehead atoms. The summed E-state index contributed by atoms with van der Waals surface area (Å²) in [6, 6.07) is 13.9. The Bertz CT molecular complexity index is 913. The number of aryl methyl sites for hydroxylation is 1. The van der Waals surface area contributed by atoms with Crippen molar-refractivity contribution in [2.45, 2.75) is 37.2 Å². The zero-order valence-corrected chi connectivity index (χ0v) is 16.3. The van der Waals surface area contributed by atoms with Crippen LogP contribution in [0.3, 0.4) is 0 Å². The molecule has 7 heteroatoms. The van der Waals surface area contributed by atoms with Gasteiger partial charge in [0.2, 0.25) is 15.9 Å². The number of benzene rings is 2. The lowest BCUT2D eigenvalue weighted by Crippen LogP contribution is -2.45. The highest BCUT2D eigenvalue weighted by atomic mass is 32.2. The first kappa shape index (κ1) is 19.4. The van der Waals surface area contributed by atoms with Crippen molar-refractivity contribution >= 4 is 15.9 Å². The van der Waals surface area contributed by atoms with Crippen LogP contribution >= 0.6 is 0 Å². The van der Waals surface area contributed by atoms with E-state index < -0.39 is 16.1 Å². The number of hydrogen-bond donors (Lipinski definition) is 1. The lowest BCUT2D eigenvalue weighted by molar-refractivity contribution is -0.124. The van der Waals surface area contributed by atoms with Gasteiger partial charge in [-0.15, -0.1) is 0 Å². The molecule has 6 nitrogen and oxygen atoms in total. The average Bonchev–Trinajstić information content (AvgIpc) is 3.18. The monoisotopic (exact) mass is 388 g/mol. The lowest BCUT2D eigenvalue weighted by atomic mass is 10.2. The molecule has 1 saturated heterocycles. The standard InChI is InChI=1S/C20H24N2O4S/c1-15-10-11-18(26-2)19(13-15)27(24,25)22-12-6-9-17(22)20(23)21-14-16-7-4-3-5-8-16/h3-5,7-8,10-11,13,17H,6,9,12,14H2,1-2H3,(H,21,23)/t17-/m0/s1. The van der Waals surface area contributed by atoms with Crippen molar-refractivity contribution in [3.8, 4) is 5.75 Å². The zero-order valence-electron chi connectivity index (χ0n) is 15.5. The molecule has 1 atom stereocenters. The van der Waals surface area contributed by atoms with Gasteiger partial charge in [0.15, 0.2) is 0 Å². The van der Waals surface area contributed by atoms with E-state index in [0.29, 0.717) is 25.9 Å². The molecule has 0 unspecified atom stereocenters. The van der Waals surface area contributed by atoms with E-state index in [1.165, 1.54) is 11.4 Å². The van der Waals surface area contributed by atoms with Gasteiger partial charge in [0.1, 0.15) is 16.7 Å². The molecule has 3 rings (SSSR count). The number of nitrogens with zero attached hydrogens (tertiary/aromatic N) is 1. The van der Waals surface area contributed by atoms with Gasteiger partial charge >= 0.3 is 0 Å². The molecule has 27 heavy (non-hydrogen) atoms. The highest BCUT2D eigenvalue weighted by Crippen LogP contribution is 2.32. The minimum Gasteiger partial charge on any atom is -0.495 e. The smallest absolute Gasteiger partial charge is 0.247 e. The van der Waals surface area contributed by atoms with Gasteiger partial charge in [-0.05, 0) is 43.0 Å². The Labute approximate surface area is 160 Å². The molecule has 0 saturated carbocycles. The summed E-state index contributed by atoms with van der Waals surface area (Å²) in [5.41, 5.74) is 1.79. The molecule has 1 heterocycles. The molecule has 0 spiro atoms. The molecule has 0 aliphatic carbocycles. The Morgan fingerprint density at radius 3 is 2.67 bits per heavy atom. The van der Waals surface area contributed by atoms with Crippen molar-refractivity contribution in [3.63, 3.8) is 0 Å². The van der Waals surface area contributed by atoms with Crippen LogP contribution in [0.15, 0.2) is 53.4 Å². The van der Waals surface area contributed by atoms with E-state index in [1.807, 2.05) is 37.3 Å². The summed E-state index contributed by atoms with van der Waals surface area (Å²) < 4.78 is 33.0. The summed E-state index contributed by atoms with van der Waals surface area (Å²) in [7, 11) is -2.39. The molecule has 2 aromatic rings. The van der Waals surface area contributed by atoms with Crippen molar-refractivity contribution < 1.29 is 17.9 Å². The first-order valence-electron chi connectivity index (χ1n) is 8.91. The van der Waals surface area contributed by atoms with Gasteiger partial charge in [0.05, 0.1) is 7.11 Å². The van der Waals surface area contributed by atoms with E-state index in [1.54, 1.807) is 18.2 Å². The predicted molar refractivity (Wildman–Crippen MR) is 103 cm³/mol.